The summed E-state index contributed by atoms with van der Waals surface area (Å²) in [7, 11) is 0. The molecular weight excluding hydrogens is 240 g/mol. The van der Waals surface area contributed by atoms with Crippen LogP contribution in [0.3, 0.4) is 0 Å². The zero-order chi connectivity index (χ0) is 13.8. The van der Waals surface area contributed by atoms with Crippen molar-refractivity contribution >= 4 is 5.97 Å². The van der Waals surface area contributed by atoms with Crippen LogP contribution in [0.4, 0.5) is 0 Å². The molecule has 0 aliphatic carbocycles. The van der Waals surface area contributed by atoms with Gasteiger partial charge in [-0.25, -0.2) is 9.78 Å². The van der Waals surface area contributed by atoms with E-state index in [0.717, 1.165) is 17.8 Å². The molecule has 100 valence electrons. The van der Waals surface area contributed by atoms with Crippen LogP contribution in [0, 0.1) is 5.92 Å². The fourth-order valence-corrected chi connectivity index (χ4v) is 2.04. The van der Waals surface area contributed by atoms with Crippen molar-refractivity contribution in [1.29, 1.82) is 0 Å². The minimum atomic E-state index is -0.894. The molecule has 0 unspecified atom stereocenters. The van der Waals surface area contributed by atoms with E-state index >= 15 is 0 Å². The molecule has 0 fully saturated rings. The van der Waals surface area contributed by atoms with E-state index in [9.17, 15) is 4.79 Å². The second-order valence-electron chi connectivity index (χ2n) is 5.07. The maximum absolute atomic E-state index is 10.9. The standard InChI is InChI=1S/C15H18N2O2/c1-11(2)8-14-16-6-7-17(14)10-12-4-3-5-13(9-12)15(18)19/h3-7,9,11H,8,10H2,1-2H3,(H,18,19). The first-order chi connectivity index (χ1) is 9.06. The van der Waals surface area contributed by atoms with E-state index in [2.05, 4.69) is 23.4 Å². The molecule has 1 aromatic carbocycles. The van der Waals surface area contributed by atoms with Gasteiger partial charge in [0, 0.05) is 25.4 Å². The molecule has 0 radical (unpaired) electrons. The van der Waals surface area contributed by atoms with Gasteiger partial charge in [-0.05, 0) is 23.6 Å². The summed E-state index contributed by atoms with van der Waals surface area (Å²) in [6.45, 7) is 4.97. The van der Waals surface area contributed by atoms with E-state index < -0.39 is 5.97 Å². The van der Waals surface area contributed by atoms with Crippen LogP contribution < -0.4 is 0 Å². The van der Waals surface area contributed by atoms with Gasteiger partial charge in [-0.1, -0.05) is 26.0 Å². The summed E-state index contributed by atoms with van der Waals surface area (Å²) >= 11 is 0. The number of hydrogen-bond donors (Lipinski definition) is 1. The van der Waals surface area contributed by atoms with Crippen molar-refractivity contribution in [3.8, 4) is 0 Å². The summed E-state index contributed by atoms with van der Waals surface area (Å²) in [4.78, 5) is 15.3. The van der Waals surface area contributed by atoms with Crippen LogP contribution in [-0.2, 0) is 13.0 Å². The monoisotopic (exact) mass is 258 g/mol. The third kappa shape index (κ3) is 3.44. The molecule has 19 heavy (non-hydrogen) atoms. The molecule has 0 amide bonds. The van der Waals surface area contributed by atoms with E-state index in [4.69, 9.17) is 5.11 Å². The second-order valence-corrected chi connectivity index (χ2v) is 5.07. The van der Waals surface area contributed by atoms with Gasteiger partial charge in [-0.2, -0.15) is 0 Å². The number of nitrogens with zero attached hydrogens (tertiary/aromatic N) is 2. The Balaban J connectivity index is 2.19. The highest BCUT2D eigenvalue weighted by Crippen LogP contribution is 2.11. The van der Waals surface area contributed by atoms with E-state index in [0.29, 0.717) is 18.0 Å². The van der Waals surface area contributed by atoms with Crippen molar-refractivity contribution in [2.75, 3.05) is 0 Å². The summed E-state index contributed by atoms with van der Waals surface area (Å²) in [6.07, 6.45) is 4.65. The molecule has 0 bridgehead atoms. The second kappa shape index (κ2) is 5.69. The number of imidazole rings is 1. The summed E-state index contributed by atoms with van der Waals surface area (Å²) < 4.78 is 2.07. The highest BCUT2D eigenvalue weighted by atomic mass is 16.4. The van der Waals surface area contributed by atoms with E-state index in [1.807, 2.05) is 12.3 Å². The van der Waals surface area contributed by atoms with Gasteiger partial charge >= 0.3 is 5.97 Å². The average Bonchev–Trinajstić information content (AvgIpc) is 2.76. The van der Waals surface area contributed by atoms with Crippen molar-refractivity contribution < 1.29 is 9.90 Å². The van der Waals surface area contributed by atoms with Gasteiger partial charge in [0.25, 0.3) is 0 Å². The van der Waals surface area contributed by atoms with Crippen molar-refractivity contribution in [3.63, 3.8) is 0 Å². The number of carboxylic acids is 1. The molecule has 4 heteroatoms. The quantitative estimate of drug-likeness (QED) is 0.897. The van der Waals surface area contributed by atoms with Crippen molar-refractivity contribution in [3.05, 3.63) is 53.6 Å². The lowest BCUT2D eigenvalue weighted by Crippen LogP contribution is -2.08. The SMILES string of the molecule is CC(C)Cc1nccn1Cc1cccc(C(=O)O)c1. The number of carboxylic acid groups (broad SMARTS) is 1. The van der Waals surface area contributed by atoms with Gasteiger partial charge in [0.05, 0.1) is 5.56 Å². The molecule has 0 aliphatic rings. The summed E-state index contributed by atoms with van der Waals surface area (Å²) in [5.41, 5.74) is 1.30. The maximum atomic E-state index is 10.9. The van der Waals surface area contributed by atoms with Crippen LogP contribution in [0.15, 0.2) is 36.7 Å². The zero-order valence-electron chi connectivity index (χ0n) is 11.2. The van der Waals surface area contributed by atoms with E-state index in [1.165, 1.54) is 0 Å². The molecule has 4 nitrogen and oxygen atoms in total. The summed E-state index contributed by atoms with van der Waals surface area (Å²) in [5.74, 6) is 0.692. The molecule has 0 aliphatic heterocycles. The van der Waals surface area contributed by atoms with Crippen molar-refractivity contribution in [2.45, 2.75) is 26.8 Å². The number of aromatic nitrogens is 2. The minimum absolute atomic E-state index is 0.322. The third-order valence-corrected chi connectivity index (χ3v) is 2.92. The fourth-order valence-electron chi connectivity index (χ4n) is 2.04. The Kier molecular flexibility index (Phi) is 4.00. The first-order valence-electron chi connectivity index (χ1n) is 6.38. The summed E-state index contributed by atoms with van der Waals surface area (Å²) in [5, 5.41) is 8.99. The highest BCUT2D eigenvalue weighted by Gasteiger charge is 2.07. The Morgan fingerprint density at radius 3 is 2.89 bits per heavy atom. The first-order valence-corrected chi connectivity index (χ1v) is 6.38. The van der Waals surface area contributed by atoms with Crippen LogP contribution in [0.5, 0.6) is 0 Å². The van der Waals surface area contributed by atoms with Crippen LogP contribution >= 0.6 is 0 Å². The van der Waals surface area contributed by atoms with E-state index in [-0.39, 0.29) is 0 Å². The predicted octanol–water partition coefficient (Wildman–Crippen LogP) is 2.83. The topological polar surface area (TPSA) is 55.1 Å². The predicted molar refractivity (Wildman–Crippen MR) is 73.3 cm³/mol. The Morgan fingerprint density at radius 2 is 2.21 bits per heavy atom. The Bertz CT molecular complexity index is 573. The Morgan fingerprint density at radius 1 is 1.42 bits per heavy atom. The van der Waals surface area contributed by atoms with Crippen molar-refractivity contribution in [1.82, 2.24) is 9.55 Å². The molecule has 1 N–H and O–H groups in total. The molecule has 1 aromatic heterocycles. The number of aromatic carboxylic acids is 1. The van der Waals surface area contributed by atoms with Crippen molar-refractivity contribution in [2.24, 2.45) is 5.92 Å². The van der Waals surface area contributed by atoms with Gasteiger partial charge in [0.2, 0.25) is 0 Å². The van der Waals surface area contributed by atoms with E-state index in [1.54, 1.807) is 24.4 Å². The zero-order valence-corrected chi connectivity index (χ0v) is 11.2. The number of carbonyl (C=O) groups is 1. The third-order valence-electron chi connectivity index (χ3n) is 2.92. The lowest BCUT2D eigenvalue weighted by atomic mass is 10.1. The highest BCUT2D eigenvalue weighted by molar-refractivity contribution is 5.87. The molecule has 1 heterocycles. The van der Waals surface area contributed by atoms with Gasteiger partial charge in [0.1, 0.15) is 5.82 Å². The lowest BCUT2D eigenvalue weighted by molar-refractivity contribution is 0.0696. The minimum Gasteiger partial charge on any atom is -0.478 e. The molecular formula is C15H18N2O2. The van der Waals surface area contributed by atoms with Gasteiger partial charge in [0.15, 0.2) is 0 Å². The fraction of sp³-hybridized carbons (Fsp3) is 0.333. The molecule has 0 spiro atoms. The molecule has 0 atom stereocenters. The van der Waals surface area contributed by atoms with Crippen LogP contribution in [0.25, 0.3) is 0 Å². The van der Waals surface area contributed by atoms with Crippen LogP contribution in [-0.4, -0.2) is 20.6 Å². The molecule has 2 rings (SSSR count). The van der Waals surface area contributed by atoms with Gasteiger partial charge < -0.3 is 9.67 Å². The Hall–Kier alpha value is -2.10. The molecule has 2 aromatic rings. The number of rotatable bonds is 5. The first kappa shape index (κ1) is 13.3. The normalized spacial score (nSPS) is 10.9. The van der Waals surface area contributed by atoms with Gasteiger partial charge in [-0.3, -0.25) is 0 Å². The maximum Gasteiger partial charge on any atom is 0.335 e. The molecule has 0 saturated carbocycles. The van der Waals surface area contributed by atoms with Gasteiger partial charge in [-0.15, -0.1) is 0 Å². The number of benzene rings is 1. The number of hydrogen-bond acceptors (Lipinski definition) is 2. The molecule has 0 saturated heterocycles. The van der Waals surface area contributed by atoms with Crippen LogP contribution in [0.1, 0.15) is 35.6 Å². The largest absolute Gasteiger partial charge is 0.478 e. The smallest absolute Gasteiger partial charge is 0.335 e. The average molecular weight is 258 g/mol. The van der Waals surface area contributed by atoms with Crippen LogP contribution in [0.2, 0.25) is 0 Å². The summed E-state index contributed by atoms with van der Waals surface area (Å²) in [6, 6.07) is 7.03. The lowest BCUT2D eigenvalue weighted by Gasteiger charge is -2.10. The Labute approximate surface area is 112 Å².